The Labute approximate surface area is 123 Å². The molecule has 1 fully saturated rings. The van der Waals surface area contributed by atoms with E-state index in [-0.39, 0.29) is 28.4 Å². The lowest BCUT2D eigenvalue weighted by atomic mass is 10.3. The molecule has 1 atom stereocenters. The van der Waals surface area contributed by atoms with Gasteiger partial charge in [-0.25, -0.2) is 8.42 Å². The second-order valence-electron chi connectivity index (χ2n) is 4.61. The Bertz CT molecular complexity index is 569. The molecule has 20 heavy (non-hydrogen) atoms. The number of methoxy groups -OCH3 is 1. The average Bonchev–Trinajstić information content (AvgIpc) is 2.77. The number of carbonyl (C=O) groups excluding carboxylic acids is 1. The van der Waals surface area contributed by atoms with Gasteiger partial charge in [-0.1, -0.05) is 0 Å². The van der Waals surface area contributed by atoms with E-state index in [1.54, 1.807) is 31.4 Å². The number of hydrogen-bond donors (Lipinski definition) is 1. The first-order chi connectivity index (χ1) is 9.48. The van der Waals surface area contributed by atoms with E-state index in [0.717, 1.165) is 5.75 Å². The van der Waals surface area contributed by atoms with E-state index in [1.807, 2.05) is 0 Å². The van der Waals surface area contributed by atoms with Crippen LogP contribution >= 0.6 is 11.8 Å². The summed E-state index contributed by atoms with van der Waals surface area (Å²) in [6.07, 6.45) is 0.642. The van der Waals surface area contributed by atoms with Crippen LogP contribution in [0.4, 0.5) is 5.69 Å². The maximum absolute atomic E-state index is 11.8. The van der Waals surface area contributed by atoms with Gasteiger partial charge in [0, 0.05) is 10.9 Å². The summed E-state index contributed by atoms with van der Waals surface area (Å²) in [5, 5.41) is 2.82. The molecule has 1 heterocycles. The molecule has 1 amide bonds. The monoisotopic (exact) mass is 315 g/mol. The second kappa shape index (κ2) is 6.49. The van der Waals surface area contributed by atoms with Crippen LogP contribution in [-0.2, 0) is 14.6 Å². The van der Waals surface area contributed by atoms with Crippen molar-refractivity contribution < 1.29 is 17.9 Å². The van der Waals surface area contributed by atoms with Crippen molar-refractivity contribution in [3.63, 3.8) is 0 Å². The molecule has 0 aliphatic carbocycles. The van der Waals surface area contributed by atoms with Gasteiger partial charge in [0.1, 0.15) is 5.75 Å². The first-order valence-electron chi connectivity index (χ1n) is 6.24. The molecule has 1 saturated heterocycles. The van der Waals surface area contributed by atoms with Crippen molar-refractivity contribution in [2.45, 2.75) is 11.7 Å². The largest absolute Gasteiger partial charge is 0.497 e. The minimum absolute atomic E-state index is 0.0432. The van der Waals surface area contributed by atoms with E-state index in [0.29, 0.717) is 12.1 Å². The zero-order chi connectivity index (χ0) is 14.6. The van der Waals surface area contributed by atoms with Crippen LogP contribution in [0.15, 0.2) is 24.3 Å². The highest BCUT2D eigenvalue weighted by Gasteiger charge is 2.28. The van der Waals surface area contributed by atoms with Crippen LogP contribution in [0.1, 0.15) is 6.42 Å². The number of carbonyl (C=O) groups is 1. The number of anilines is 1. The van der Waals surface area contributed by atoms with E-state index in [4.69, 9.17) is 4.74 Å². The van der Waals surface area contributed by atoms with Gasteiger partial charge in [-0.2, -0.15) is 0 Å². The number of hydrogen-bond acceptors (Lipinski definition) is 5. The first kappa shape index (κ1) is 15.2. The normalized spacial score (nSPS) is 20.6. The summed E-state index contributed by atoms with van der Waals surface area (Å²) in [6.45, 7) is 0. The van der Waals surface area contributed by atoms with Crippen molar-refractivity contribution in [2.24, 2.45) is 0 Å². The molecule has 0 unspecified atom stereocenters. The molecule has 110 valence electrons. The van der Waals surface area contributed by atoms with Gasteiger partial charge in [-0.05, 0) is 30.7 Å². The van der Waals surface area contributed by atoms with Gasteiger partial charge in [-0.3, -0.25) is 4.79 Å². The minimum Gasteiger partial charge on any atom is -0.497 e. The third-order valence-electron chi connectivity index (χ3n) is 3.01. The maximum Gasteiger partial charge on any atom is 0.234 e. The van der Waals surface area contributed by atoms with Gasteiger partial charge in [-0.15, -0.1) is 11.8 Å². The van der Waals surface area contributed by atoms with Crippen molar-refractivity contribution in [3.05, 3.63) is 24.3 Å². The van der Waals surface area contributed by atoms with E-state index < -0.39 is 9.84 Å². The Morgan fingerprint density at radius 1 is 1.40 bits per heavy atom. The minimum atomic E-state index is -2.88. The second-order valence-corrected chi connectivity index (χ2v) is 8.13. The Morgan fingerprint density at radius 3 is 2.65 bits per heavy atom. The Hall–Kier alpha value is -1.21. The Balaban J connectivity index is 1.78. The molecule has 0 radical (unpaired) electrons. The van der Waals surface area contributed by atoms with Gasteiger partial charge < -0.3 is 10.1 Å². The van der Waals surface area contributed by atoms with Crippen LogP contribution in [0.3, 0.4) is 0 Å². The van der Waals surface area contributed by atoms with Crippen molar-refractivity contribution in [3.8, 4) is 5.75 Å². The molecule has 1 aromatic carbocycles. The van der Waals surface area contributed by atoms with Crippen LogP contribution in [-0.4, -0.2) is 43.9 Å². The summed E-state index contributed by atoms with van der Waals surface area (Å²) in [7, 11) is -1.29. The van der Waals surface area contributed by atoms with Crippen LogP contribution in [0.25, 0.3) is 0 Å². The summed E-state index contributed by atoms with van der Waals surface area (Å²) in [6, 6.07) is 7.07. The van der Waals surface area contributed by atoms with Gasteiger partial charge in [0.25, 0.3) is 0 Å². The predicted octanol–water partition coefficient (Wildman–Crippen LogP) is 1.55. The molecule has 1 N–H and O–H groups in total. The molecule has 0 aromatic heterocycles. The number of ether oxygens (including phenoxy) is 1. The topological polar surface area (TPSA) is 72.5 Å². The van der Waals surface area contributed by atoms with Crippen LogP contribution in [0.2, 0.25) is 0 Å². The number of benzene rings is 1. The lowest BCUT2D eigenvalue weighted by molar-refractivity contribution is -0.113. The third-order valence-corrected chi connectivity index (χ3v) is 6.30. The summed E-state index contributed by atoms with van der Waals surface area (Å²) < 4.78 is 27.7. The fourth-order valence-electron chi connectivity index (χ4n) is 1.96. The van der Waals surface area contributed by atoms with Crippen molar-refractivity contribution in [2.75, 3.05) is 29.7 Å². The molecule has 0 spiro atoms. The molecule has 1 aliphatic rings. The Morgan fingerprint density at radius 2 is 2.10 bits per heavy atom. The summed E-state index contributed by atoms with van der Waals surface area (Å²) in [5.41, 5.74) is 0.704. The van der Waals surface area contributed by atoms with Crippen LogP contribution in [0.5, 0.6) is 5.75 Å². The molecule has 0 bridgehead atoms. The number of rotatable bonds is 5. The smallest absolute Gasteiger partial charge is 0.234 e. The highest BCUT2D eigenvalue weighted by atomic mass is 32.2. The molecule has 0 saturated carbocycles. The van der Waals surface area contributed by atoms with Crippen molar-refractivity contribution >= 4 is 33.2 Å². The van der Waals surface area contributed by atoms with Gasteiger partial charge in [0.2, 0.25) is 5.91 Å². The highest BCUT2D eigenvalue weighted by Crippen LogP contribution is 2.24. The van der Waals surface area contributed by atoms with Gasteiger partial charge in [0.15, 0.2) is 9.84 Å². The van der Waals surface area contributed by atoms with E-state index in [2.05, 4.69) is 5.32 Å². The third kappa shape index (κ3) is 4.42. The summed E-state index contributed by atoms with van der Waals surface area (Å²) >= 11 is 1.41. The maximum atomic E-state index is 11.8. The highest BCUT2D eigenvalue weighted by molar-refractivity contribution is 8.02. The molecular weight excluding hydrogens is 298 g/mol. The number of thioether (sulfide) groups is 1. The SMILES string of the molecule is COc1ccc(NC(=O)CS[C@H]2CCS(=O)(=O)C2)cc1. The van der Waals surface area contributed by atoms with Crippen molar-refractivity contribution in [1.82, 2.24) is 0 Å². The average molecular weight is 315 g/mol. The van der Waals surface area contributed by atoms with Crippen LogP contribution < -0.4 is 10.1 Å². The number of nitrogens with one attached hydrogen (secondary N) is 1. The van der Waals surface area contributed by atoms with Crippen molar-refractivity contribution in [1.29, 1.82) is 0 Å². The van der Waals surface area contributed by atoms with E-state index in [1.165, 1.54) is 11.8 Å². The lowest BCUT2D eigenvalue weighted by Gasteiger charge is -2.08. The van der Waals surface area contributed by atoms with E-state index >= 15 is 0 Å². The number of sulfone groups is 1. The zero-order valence-corrected chi connectivity index (χ0v) is 12.8. The molecule has 1 aliphatic heterocycles. The van der Waals surface area contributed by atoms with Gasteiger partial charge >= 0.3 is 0 Å². The standard InChI is InChI=1S/C13H17NO4S2/c1-18-11-4-2-10(3-5-11)14-13(15)8-19-12-6-7-20(16,17)9-12/h2-5,12H,6-9H2,1H3,(H,14,15)/t12-/m0/s1. The molecule has 1 aromatic rings. The zero-order valence-electron chi connectivity index (χ0n) is 11.2. The van der Waals surface area contributed by atoms with E-state index in [9.17, 15) is 13.2 Å². The fourth-order valence-corrected chi connectivity index (χ4v) is 5.40. The molecular formula is C13H17NO4S2. The summed E-state index contributed by atoms with van der Waals surface area (Å²) in [5.74, 6) is 1.31. The molecule has 7 heteroatoms. The molecule has 2 rings (SSSR count). The first-order valence-corrected chi connectivity index (χ1v) is 9.11. The van der Waals surface area contributed by atoms with Crippen LogP contribution in [0, 0.1) is 0 Å². The lowest BCUT2D eigenvalue weighted by Crippen LogP contribution is -2.17. The van der Waals surface area contributed by atoms with Gasteiger partial charge in [0.05, 0.1) is 24.4 Å². The Kier molecular flexibility index (Phi) is 4.93. The summed E-state index contributed by atoms with van der Waals surface area (Å²) in [4.78, 5) is 11.8. The predicted molar refractivity (Wildman–Crippen MR) is 81.1 cm³/mol. The fraction of sp³-hybridized carbons (Fsp3) is 0.462. The quantitative estimate of drug-likeness (QED) is 0.892. The molecule has 5 nitrogen and oxygen atoms in total. The number of amides is 1.